The van der Waals surface area contributed by atoms with E-state index < -0.39 is 5.25 Å². The van der Waals surface area contributed by atoms with Gasteiger partial charge in [0, 0.05) is 18.7 Å². The van der Waals surface area contributed by atoms with Crippen LogP contribution in [0.15, 0.2) is 40.5 Å². The number of hydrogen-bond acceptors (Lipinski definition) is 5. The van der Waals surface area contributed by atoms with Crippen LogP contribution in [-0.4, -0.2) is 27.9 Å². The summed E-state index contributed by atoms with van der Waals surface area (Å²) in [6.07, 6.45) is 6.28. The summed E-state index contributed by atoms with van der Waals surface area (Å²) in [5, 5.41) is 14.1. The molecule has 0 aromatic heterocycles. The second-order valence-corrected chi connectivity index (χ2v) is 8.24. The van der Waals surface area contributed by atoms with Gasteiger partial charge in [0.1, 0.15) is 5.25 Å². The molecular weight excluding hydrogens is 360 g/mol. The number of nitrogens with one attached hydrogen (secondary N) is 2. The molecule has 2 N–H and O–H groups in total. The zero-order valence-corrected chi connectivity index (χ0v) is 16.4. The average molecular weight is 387 g/mol. The topological polar surface area (TPSA) is 82.9 Å². The molecule has 2 amide bonds. The van der Waals surface area contributed by atoms with E-state index in [1.807, 2.05) is 37.3 Å². The fourth-order valence-corrected chi connectivity index (χ4v) is 4.27. The first-order chi connectivity index (χ1) is 13.1. The third-order valence-corrected chi connectivity index (χ3v) is 6.05. The van der Waals surface area contributed by atoms with Gasteiger partial charge in [-0.05, 0) is 31.2 Å². The Morgan fingerprint density at radius 2 is 1.96 bits per heavy atom. The van der Waals surface area contributed by atoms with Crippen molar-refractivity contribution in [3.8, 4) is 0 Å². The van der Waals surface area contributed by atoms with E-state index in [1.165, 1.54) is 43.9 Å². The number of thioether (sulfide) groups is 1. The van der Waals surface area contributed by atoms with E-state index in [1.54, 1.807) is 0 Å². The van der Waals surface area contributed by atoms with Crippen LogP contribution in [0.25, 0.3) is 0 Å². The summed E-state index contributed by atoms with van der Waals surface area (Å²) in [6.45, 7) is 2.47. The van der Waals surface area contributed by atoms with Crippen LogP contribution in [0.5, 0.6) is 0 Å². The highest BCUT2D eigenvalue weighted by atomic mass is 32.2. The lowest BCUT2D eigenvalue weighted by atomic mass is 9.86. The van der Waals surface area contributed by atoms with E-state index in [0.717, 1.165) is 11.3 Å². The van der Waals surface area contributed by atoms with Crippen molar-refractivity contribution < 1.29 is 9.59 Å². The van der Waals surface area contributed by atoms with Gasteiger partial charge in [0.2, 0.25) is 11.8 Å². The van der Waals surface area contributed by atoms with Gasteiger partial charge in [-0.2, -0.15) is 5.10 Å². The first-order valence-electron chi connectivity index (χ1n) is 9.52. The highest BCUT2D eigenvalue weighted by Gasteiger charge is 2.32. The highest BCUT2D eigenvalue weighted by molar-refractivity contribution is 8.15. The predicted molar refractivity (Wildman–Crippen MR) is 110 cm³/mol. The zero-order valence-electron chi connectivity index (χ0n) is 15.6. The molecule has 1 aliphatic carbocycles. The van der Waals surface area contributed by atoms with E-state index in [9.17, 15) is 9.59 Å². The Kier molecular flexibility index (Phi) is 7.04. The highest BCUT2D eigenvalue weighted by Crippen LogP contribution is 2.26. The molecule has 1 saturated carbocycles. The summed E-state index contributed by atoms with van der Waals surface area (Å²) in [7, 11) is 0. The normalized spacial score (nSPS) is 22.7. The first-order valence-corrected chi connectivity index (χ1v) is 10.4. The van der Waals surface area contributed by atoms with Crippen LogP contribution in [0.3, 0.4) is 0 Å². The van der Waals surface area contributed by atoms with Gasteiger partial charge in [-0.3, -0.25) is 9.59 Å². The number of carbonyl (C=O) groups excluding carboxylic acids is 2. The number of benzene rings is 1. The molecule has 7 heteroatoms. The van der Waals surface area contributed by atoms with Crippen molar-refractivity contribution in [1.82, 2.24) is 10.6 Å². The molecule has 27 heavy (non-hydrogen) atoms. The maximum Gasteiger partial charge on any atom is 0.240 e. The van der Waals surface area contributed by atoms with E-state index in [-0.39, 0.29) is 18.2 Å². The van der Waals surface area contributed by atoms with Gasteiger partial charge in [0.05, 0.1) is 0 Å². The SMILES string of the molecule is CC(=N/N=C1\NC(=O)C(CC(=O)NCc2ccccc2)S1)C1CCCCC1. The largest absolute Gasteiger partial charge is 0.352 e. The minimum Gasteiger partial charge on any atom is -0.352 e. The molecule has 144 valence electrons. The lowest BCUT2D eigenvalue weighted by molar-refractivity contribution is -0.125. The number of nitrogens with zero attached hydrogens (tertiary/aromatic N) is 2. The Hall–Kier alpha value is -2.15. The van der Waals surface area contributed by atoms with E-state index in [4.69, 9.17) is 0 Å². The third kappa shape index (κ3) is 5.92. The van der Waals surface area contributed by atoms with Gasteiger partial charge in [0.25, 0.3) is 0 Å². The van der Waals surface area contributed by atoms with Crippen molar-refractivity contribution in [1.29, 1.82) is 0 Å². The Morgan fingerprint density at radius 3 is 2.70 bits per heavy atom. The fraction of sp³-hybridized carbons (Fsp3) is 0.500. The van der Waals surface area contributed by atoms with Gasteiger partial charge in [-0.15, -0.1) is 5.10 Å². The van der Waals surface area contributed by atoms with Crippen LogP contribution >= 0.6 is 11.8 Å². The Bertz CT molecular complexity index is 727. The Morgan fingerprint density at radius 1 is 1.22 bits per heavy atom. The standard InChI is InChI=1S/C20H26N4O2S/c1-14(16-10-6-3-7-11-16)23-24-20-22-19(26)17(27-20)12-18(25)21-13-15-8-4-2-5-9-15/h2,4-5,8-9,16-17H,3,6-7,10-13H2,1H3,(H,21,25)(H,22,24,26). The molecule has 1 aliphatic heterocycles. The van der Waals surface area contributed by atoms with E-state index >= 15 is 0 Å². The molecule has 2 fully saturated rings. The van der Waals surface area contributed by atoms with Crippen LogP contribution in [-0.2, 0) is 16.1 Å². The summed E-state index contributed by atoms with van der Waals surface area (Å²) in [5.74, 6) is 0.179. The van der Waals surface area contributed by atoms with Gasteiger partial charge < -0.3 is 10.6 Å². The molecule has 1 saturated heterocycles. The number of amidine groups is 1. The number of rotatable bonds is 6. The molecule has 0 radical (unpaired) electrons. The Balaban J connectivity index is 1.48. The van der Waals surface area contributed by atoms with Gasteiger partial charge >= 0.3 is 0 Å². The Labute approximate surface area is 164 Å². The van der Waals surface area contributed by atoms with Gasteiger partial charge in [-0.1, -0.05) is 61.4 Å². The monoisotopic (exact) mass is 386 g/mol. The minimum absolute atomic E-state index is 0.133. The first kappa shape index (κ1) is 19.6. The van der Waals surface area contributed by atoms with Crippen molar-refractivity contribution in [2.24, 2.45) is 16.1 Å². The van der Waals surface area contributed by atoms with Crippen LogP contribution in [0.1, 0.15) is 51.0 Å². The molecule has 0 bridgehead atoms. The van der Waals surface area contributed by atoms with Crippen molar-refractivity contribution >= 4 is 34.5 Å². The van der Waals surface area contributed by atoms with Gasteiger partial charge in [-0.25, -0.2) is 0 Å². The summed E-state index contributed by atoms with van der Waals surface area (Å²) < 4.78 is 0. The minimum atomic E-state index is -0.454. The van der Waals surface area contributed by atoms with E-state index in [0.29, 0.717) is 17.6 Å². The third-order valence-electron chi connectivity index (χ3n) is 4.97. The molecule has 1 aromatic rings. The molecule has 6 nitrogen and oxygen atoms in total. The molecule has 1 atom stereocenters. The predicted octanol–water partition coefficient (Wildman–Crippen LogP) is 3.24. The zero-order chi connectivity index (χ0) is 19.1. The molecule has 3 rings (SSSR count). The van der Waals surface area contributed by atoms with E-state index in [2.05, 4.69) is 20.8 Å². The second-order valence-electron chi connectivity index (χ2n) is 7.04. The van der Waals surface area contributed by atoms with Crippen molar-refractivity contribution in [3.05, 3.63) is 35.9 Å². The quantitative estimate of drug-likeness (QED) is 0.582. The van der Waals surface area contributed by atoms with Crippen molar-refractivity contribution in [2.75, 3.05) is 0 Å². The molecule has 1 heterocycles. The van der Waals surface area contributed by atoms with Gasteiger partial charge in [0.15, 0.2) is 5.17 Å². The average Bonchev–Trinajstić information content (AvgIpc) is 3.05. The summed E-state index contributed by atoms with van der Waals surface area (Å²) in [6, 6.07) is 9.70. The number of amides is 2. The number of carbonyl (C=O) groups is 2. The second kappa shape index (κ2) is 9.69. The van der Waals surface area contributed by atoms with Crippen LogP contribution in [0.4, 0.5) is 0 Å². The fourth-order valence-electron chi connectivity index (χ4n) is 3.35. The molecule has 1 unspecified atom stereocenters. The summed E-state index contributed by atoms with van der Waals surface area (Å²) in [4.78, 5) is 24.2. The van der Waals surface area contributed by atoms with Crippen molar-refractivity contribution in [3.63, 3.8) is 0 Å². The lowest BCUT2D eigenvalue weighted by Crippen LogP contribution is -2.31. The van der Waals surface area contributed by atoms with Crippen LogP contribution in [0, 0.1) is 5.92 Å². The van der Waals surface area contributed by atoms with Crippen LogP contribution in [0.2, 0.25) is 0 Å². The number of hydrogen-bond donors (Lipinski definition) is 2. The maximum absolute atomic E-state index is 12.1. The smallest absolute Gasteiger partial charge is 0.240 e. The maximum atomic E-state index is 12.1. The molecule has 2 aliphatic rings. The summed E-state index contributed by atoms with van der Waals surface area (Å²) in [5.41, 5.74) is 2.06. The molecular formula is C20H26N4O2S. The molecule has 1 aromatic carbocycles. The van der Waals surface area contributed by atoms with Crippen molar-refractivity contribution in [2.45, 2.75) is 57.2 Å². The van der Waals surface area contributed by atoms with Crippen LogP contribution < -0.4 is 10.6 Å². The summed E-state index contributed by atoms with van der Waals surface area (Å²) >= 11 is 1.28. The molecule has 0 spiro atoms. The lowest BCUT2D eigenvalue weighted by Gasteiger charge is -2.20.